The largest absolute Gasteiger partial charge is 0.455 e. The number of amides is 1. The zero-order valence-electron chi connectivity index (χ0n) is 17.1. The van der Waals surface area contributed by atoms with Crippen LogP contribution in [0.2, 0.25) is 0 Å². The topological polar surface area (TPSA) is 85.1 Å². The molecule has 0 fully saturated rings. The van der Waals surface area contributed by atoms with Crippen LogP contribution in [0.3, 0.4) is 0 Å². The standard InChI is InChI=1S/C23H21N3O3S/c1-13-17(27)15-11-8-12-16(19(15)29-18(13)14-9-6-5-7-10-14)20(28)24-22-26-25-21(30-22)23(2,3)4/h5-12H,1-4H3,(H,24,26,28). The number of hydrogen-bond acceptors (Lipinski definition) is 6. The lowest BCUT2D eigenvalue weighted by Crippen LogP contribution is -2.15. The quantitative estimate of drug-likeness (QED) is 0.495. The maximum absolute atomic E-state index is 13.0. The highest BCUT2D eigenvalue weighted by Gasteiger charge is 2.22. The molecule has 2 aromatic carbocycles. The molecule has 0 saturated carbocycles. The Labute approximate surface area is 177 Å². The van der Waals surface area contributed by atoms with Crippen molar-refractivity contribution in [3.8, 4) is 11.3 Å². The number of fused-ring (bicyclic) bond motifs is 1. The van der Waals surface area contributed by atoms with E-state index in [4.69, 9.17) is 4.42 Å². The van der Waals surface area contributed by atoms with Gasteiger partial charge in [0.25, 0.3) is 5.91 Å². The number of nitrogens with zero attached hydrogens (tertiary/aromatic N) is 2. The zero-order valence-corrected chi connectivity index (χ0v) is 18.0. The van der Waals surface area contributed by atoms with E-state index < -0.39 is 5.91 Å². The second kappa shape index (κ2) is 7.50. The fraction of sp³-hybridized carbons (Fsp3) is 0.217. The van der Waals surface area contributed by atoms with Gasteiger partial charge >= 0.3 is 0 Å². The highest BCUT2D eigenvalue weighted by atomic mass is 32.1. The minimum Gasteiger partial charge on any atom is -0.455 e. The Hall–Kier alpha value is -3.32. The predicted molar refractivity (Wildman–Crippen MR) is 119 cm³/mol. The van der Waals surface area contributed by atoms with Crippen LogP contribution in [0.4, 0.5) is 5.13 Å². The zero-order chi connectivity index (χ0) is 21.5. The number of carbonyl (C=O) groups excluding carboxylic acids is 1. The summed E-state index contributed by atoms with van der Waals surface area (Å²) in [6, 6.07) is 14.4. The number of anilines is 1. The Bertz CT molecular complexity index is 1300. The first-order valence-corrected chi connectivity index (χ1v) is 10.3. The van der Waals surface area contributed by atoms with E-state index >= 15 is 0 Å². The lowest BCUT2D eigenvalue weighted by Gasteiger charge is -2.12. The van der Waals surface area contributed by atoms with Crippen LogP contribution < -0.4 is 10.7 Å². The van der Waals surface area contributed by atoms with Crippen molar-refractivity contribution in [2.75, 3.05) is 5.32 Å². The van der Waals surface area contributed by atoms with Gasteiger partial charge in [0.2, 0.25) is 5.13 Å². The van der Waals surface area contributed by atoms with E-state index in [0.717, 1.165) is 10.6 Å². The minimum atomic E-state index is -0.400. The minimum absolute atomic E-state index is 0.157. The number of benzene rings is 2. The van der Waals surface area contributed by atoms with Crippen molar-refractivity contribution in [3.05, 3.63) is 74.9 Å². The summed E-state index contributed by atoms with van der Waals surface area (Å²) in [5.41, 5.74) is 1.50. The summed E-state index contributed by atoms with van der Waals surface area (Å²) in [6.07, 6.45) is 0. The summed E-state index contributed by atoms with van der Waals surface area (Å²) < 4.78 is 6.12. The van der Waals surface area contributed by atoms with Gasteiger partial charge in [-0.15, -0.1) is 10.2 Å². The van der Waals surface area contributed by atoms with E-state index in [1.54, 1.807) is 25.1 Å². The van der Waals surface area contributed by atoms with Crippen LogP contribution >= 0.6 is 11.3 Å². The molecular weight excluding hydrogens is 398 g/mol. The molecule has 0 bridgehead atoms. The first-order valence-electron chi connectivity index (χ1n) is 9.53. The second-order valence-electron chi connectivity index (χ2n) is 8.05. The van der Waals surface area contributed by atoms with Crippen LogP contribution in [0.1, 0.15) is 41.7 Å². The molecule has 4 rings (SSSR count). The molecule has 0 aliphatic heterocycles. The van der Waals surface area contributed by atoms with E-state index in [1.807, 2.05) is 51.1 Å². The van der Waals surface area contributed by atoms with E-state index in [-0.39, 0.29) is 22.0 Å². The molecule has 0 saturated heterocycles. The smallest absolute Gasteiger partial charge is 0.261 e. The molecule has 0 aliphatic rings. The van der Waals surface area contributed by atoms with Crippen molar-refractivity contribution < 1.29 is 9.21 Å². The van der Waals surface area contributed by atoms with E-state index in [0.29, 0.717) is 21.8 Å². The maximum Gasteiger partial charge on any atom is 0.261 e. The number of aromatic nitrogens is 2. The summed E-state index contributed by atoms with van der Waals surface area (Å²) in [4.78, 5) is 26.0. The van der Waals surface area contributed by atoms with Gasteiger partial charge in [-0.2, -0.15) is 0 Å². The number of hydrogen-bond donors (Lipinski definition) is 1. The Morgan fingerprint density at radius 3 is 2.43 bits per heavy atom. The van der Waals surface area contributed by atoms with Crippen LogP contribution in [0.15, 0.2) is 57.7 Å². The first kappa shape index (κ1) is 20.0. The number of para-hydroxylation sites is 1. The summed E-state index contributed by atoms with van der Waals surface area (Å²) in [5.74, 6) is 0.0579. The summed E-state index contributed by atoms with van der Waals surface area (Å²) in [6.45, 7) is 7.83. The van der Waals surface area contributed by atoms with Gasteiger partial charge in [-0.25, -0.2) is 0 Å². The molecule has 1 N–H and O–H groups in total. The molecule has 1 amide bonds. The van der Waals surface area contributed by atoms with E-state index in [1.165, 1.54) is 11.3 Å². The summed E-state index contributed by atoms with van der Waals surface area (Å²) in [5, 5.41) is 12.6. The number of carbonyl (C=O) groups is 1. The van der Waals surface area contributed by atoms with Crippen LogP contribution in [0.25, 0.3) is 22.3 Å². The SMILES string of the molecule is Cc1c(-c2ccccc2)oc2c(C(=O)Nc3nnc(C(C)(C)C)s3)cccc2c1=O. The highest BCUT2D eigenvalue weighted by molar-refractivity contribution is 7.15. The maximum atomic E-state index is 13.0. The van der Waals surface area contributed by atoms with Gasteiger partial charge in [-0.3, -0.25) is 14.9 Å². The molecule has 0 spiro atoms. The molecule has 2 aromatic heterocycles. The third-order valence-electron chi connectivity index (χ3n) is 4.71. The van der Waals surface area contributed by atoms with Crippen LogP contribution in [-0.4, -0.2) is 16.1 Å². The van der Waals surface area contributed by atoms with Crippen molar-refractivity contribution in [3.63, 3.8) is 0 Å². The van der Waals surface area contributed by atoms with Gasteiger partial charge in [0.05, 0.1) is 10.9 Å². The molecule has 0 atom stereocenters. The van der Waals surface area contributed by atoms with Crippen LogP contribution in [0.5, 0.6) is 0 Å². The van der Waals surface area contributed by atoms with Gasteiger partial charge in [0.15, 0.2) is 11.0 Å². The molecule has 0 unspecified atom stereocenters. The van der Waals surface area contributed by atoms with Crippen LogP contribution in [-0.2, 0) is 5.41 Å². The molecular formula is C23H21N3O3S. The monoisotopic (exact) mass is 419 g/mol. The fourth-order valence-electron chi connectivity index (χ4n) is 3.09. The summed E-state index contributed by atoms with van der Waals surface area (Å²) >= 11 is 1.33. The van der Waals surface area contributed by atoms with Gasteiger partial charge in [0.1, 0.15) is 10.8 Å². The second-order valence-corrected chi connectivity index (χ2v) is 9.03. The van der Waals surface area contributed by atoms with E-state index in [9.17, 15) is 9.59 Å². The highest BCUT2D eigenvalue weighted by Crippen LogP contribution is 2.30. The summed E-state index contributed by atoms with van der Waals surface area (Å²) in [7, 11) is 0. The Balaban J connectivity index is 1.79. The van der Waals surface area contributed by atoms with Gasteiger partial charge < -0.3 is 4.42 Å². The van der Waals surface area contributed by atoms with Gasteiger partial charge in [0, 0.05) is 16.5 Å². The van der Waals surface area contributed by atoms with Crippen LogP contribution in [0, 0.1) is 6.92 Å². The average Bonchev–Trinajstić information content (AvgIpc) is 3.20. The van der Waals surface area contributed by atoms with E-state index in [2.05, 4.69) is 15.5 Å². The molecule has 7 heteroatoms. The molecule has 152 valence electrons. The molecule has 4 aromatic rings. The molecule has 0 aliphatic carbocycles. The first-order chi connectivity index (χ1) is 14.3. The lowest BCUT2D eigenvalue weighted by molar-refractivity contribution is 0.102. The molecule has 30 heavy (non-hydrogen) atoms. The Morgan fingerprint density at radius 2 is 1.77 bits per heavy atom. The lowest BCUT2D eigenvalue weighted by atomic mass is 9.98. The van der Waals surface area contributed by atoms with Crippen molar-refractivity contribution in [2.45, 2.75) is 33.1 Å². The number of nitrogens with one attached hydrogen (secondary N) is 1. The number of rotatable bonds is 3. The third-order valence-corrected chi connectivity index (χ3v) is 5.98. The predicted octanol–water partition coefficient (Wildman–Crippen LogP) is 5.17. The van der Waals surface area contributed by atoms with Crippen molar-refractivity contribution in [1.29, 1.82) is 0 Å². The Morgan fingerprint density at radius 1 is 1.03 bits per heavy atom. The van der Waals surface area contributed by atoms with Crippen molar-refractivity contribution >= 4 is 33.3 Å². The third kappa shape index (κ3) is 3.64. The average molecular weight is 420 g/mol. The van der Waals surface area contributed by atoms with Crippen molar-refractivity contribution in [1.82, 2.24) is 10.2 Å². The fourth-order valence-corrected chi connectivity index (χ4v) is 3.89. The Kier molecular flexibility index (Phi) is 4.99. The van der Waals surface area contributed by atoms with Gasteiger partial charge in [-0.05, 0) is 19.1 Å². The van der Waals surface area contributed by atoms with Gasteiger partial charge in [-0.1, -0.05) is 68.5 Å². The molecule has 0 radical (unpaired) electrons. The normalized spacial score (nSPS) is 11.6. The molecule has 6 nitrogen and oxygen atoms in total. The van der Waals surface area contributed by atoms with Crippen molar-refractivity contribution in [2.24, 2.45) is 0 Å². The molecule has 2 heterocycles.